The van der Waals surface area contributed by atoms with E-state index in [0.717, 1.165) is 0 Å². The molecule has 2 amide bonds. The molecule has 0 fully saturated rings. The van der Waals surface area contributed by atoms with E-state index in [9.17, 15) is 9.59 Å². The largest absolute Gasteiger partial charge is 0.364 e. The summed E-state index contributed by atoms with van der Waals surface area (Å²) in [5, 5.41) is 9.61. The van der Waals surface area contributed by atoms with Crippen LogP contribution in [0, 0.1) is 5.92 Å². The highest BCUT2D eigenvalue weighted by Gasteiger charge is 2.17. The number of hydrogen-bond acceptors (Lipinski definition) is 4. The van der Waals surface area contributed by atoms with Crippen molar-refractivity contribution >= 4 is 29.1 Å². The summed E-state index contributed by atoms with van der Waals surface area (Å²) in [5.74, 6) is -0.643. The second-order valence-electron chi connectivity index (χ2n) is 5.46. The van der Waals surface area contributed by atoms with Crippen LogP contribution in [0.2, 0.25) is 5.02 Å². The number of benzene rings is 1. The Bertz CT molecular complexity index is 699. The third-order valence-electron chi connectivity index (χ3n) is 3.25. The molecule has 6 nitrogen and oxygen atoms in total. The molecular weight excluding hydrogens is 318 g/mol. The summed E-state index contributed by atoms with van der Waals surface area (Å²) >= 11 is 6.09. The van der Waals surface area contributed by atoms with E-state index in [0.29, 0.717) is 16.4 Å². The molecule has 0 saturated heterocycles. The molecule has 2 aromatic rings. The van der Waals surface area contributed by atoms with Gasteiger partial charge in [0.25, 0.3) is 5.91 Å². The van der Waals surface area contributed by atoms with Crippen molar-refractivity contribution in [3.63, 3.8) is 0 Å². The summed E-state index contributed by atoms with van der Waals surface area (Å²) in [6.07, 6.45) is 1.44. The van der Waals surface area contributed by atoms with Gasteiger partial charge in [-0.15, -0.1) is 0 Å². The third kappa shape index (κ3) is 4.32. The molecule has 1 aromatic carbocycles. The lowest BCUT2D eigenvalue weighted by atomic mass is 10.1. The fourth-order valence-electron chi connectivity index (χ4n) is 1.86. The maximum atomic E-state index is 12.4. The van der Waals surface area contributed by atoms with Crippen LogP contribution in [0.5, 0.6) is 0 Å². The van der Waals surface area contributed by atoms with Gasteiger partial charge in [0.1, 0.15) is 12.0 Å². The summed E-state index contributed by atoms with van der Waals surface area (Å²) in [5.41, 5.74) is 1.41. The van der Waals surface area contributed by atoms with Gasteiger partial charge in [0.15, 0.2) is 0 Å². The average molecular weight is 336 g/mol. The van der Waals surface area contributed by atoms with Crippen LogP contribution in [0.15, 0.2) is 35.1 Å². The van der Waals surface area contributed by atoms with Gasteiger partial charge in [-0.2, -0.15) is 0 Å². The van der Waals surface area contributed by atoms with Gasteiger partial charge in [-0.25, -0.2) is 0 Å². The number of aromatic nitrogens is 1. The van der Waals surface area contributed by atoms with E-state index in [1.54, 1.807) is 45.0 Å². The first-order chi connectivity index (χ1) is 10.9. The van der Waals surface area contributed by atoms with E-state index in [1.807, 2.05) is 0 Å². The Morgan fingerprint density at radius 3 is 2.57 bits per heavy atom. The van der Waals surface area contributed by atoms with Crippen LogP contribution in [0.4, 0.5) is 5.69 Å². The molecule has 7 heteroatoms. The Hall–Kier alpha value is -2.34. The highest BCUT2D eigenvalue weighted by molar-refractivity contribution is 6.34. The predicted octanol–water partition coefficient (Wildman–Crippen LogP) is 3.41. The van der Waals surface area contributed by atoms with Crippen LogP contribution in [-0.2, 0) is 4.79 Å². The van der Waals surface area contributed by atoms with Crippen molar-refractivity contribution in [3.8, 4) is 0 Å². The number of amides is 2. The van der Waals surface area contributed by atoms with Gasteiger partial charge >= 0.3 is 0 Å². The lowest BCUT2D eigenvalue weighted by Gasteiger charge is -2.13. The van der Waals surface area contributed by atoms with Crippen molar-refractivity contribution in [1.29, 1.82) is 0 Å². The minimum atomic E-state index is -0.355. The van der Waals surface area contributed by atoms with Gasteiger partial charge in [-0.05, 0) is 25.1 Å². The van der Waals surface area contributed by atoms with E-state index >= 15 is 0 Å². The lowest BCUT2D eigenvalue weighted by Crippen LogP contribution is -2.27. The lowest BCUT2D eigenvalue weighted by molar-refractivity contribution is -0.118. The fraction of sp³-hybridized carbons (Fsp3) is 0.312. The molecule has 1 aromatic heterocycles. The van der Waals surface area contributed by atoms with E-state index < -0.39 is 0 Å². The Kier molecular flexibility index (Phi) is 5.39. The van der Waals surface area contributed by atoms with Crippen LogP contribution in [0.25, 0.3) is 0 Å². The van der Waals surface area contributed by atoms with Crippen molar-refractivity contribution in [2.24, 2.45) is 5.92 Å². The van der Waals surface area contributed by atoms with Crippen LogP contribution in [0.1, 0.15) is 42.9 Å². The monoisotopic (exact) mass is 335 g/mol. The van der Waals surface area contributed by atoms with Gasteiger partial charge in [0.05, 0.1) is 16.6 Å². The molecule has 0 aliphatic carbocycles. The smallest absolute Gasteiger partial charge is 0.253 e. The summed E-state index contributed by atoms with van der Waals surface area (Å²) < 4.78 is 4.76. The molecule has 122 valence electrons. The van der Waals surface area contributed by atoms with Gasteiger partial charge in [0.2, 0.25) is 5.91 Å². The Labute approximate surface area is 139 Å². The van der Waals surface area contributed by atoms with Gasteiger partial charge in [-0.1, -0.05) is 30.6 Å². The number of nitrogens with zero attached hydrogens (tertiary/aromatic N) is 1. The maximum Gasteiger partial charge on any atom is 0.253 e. The predicted molar refractivity (Wildman–Crippen MR) is 87.3 cm³/mol. The number of hydrogen-bond donors (Lipinski definition) is 2. The average Bonchev–Trinajstić information content (AvgIpc) is 3.03. The molecule has 1 atom stereocenters. The Balaban J connectivity index is 2.14. The highest BCUT2D eigenvalue weighted by atomic mass is 35.5. The summed E-state index contributed by atoms with van der Waals surface area (Å²) in [6, 6.07) is 6.12. The quantitative estimate of drug-likeness (QED) is 0.876. The molecule has 23 heavy (non-hydrogen) atoms. The standard InChI is InChI=1S/C16H18ClN3O3/c1-9(2)15(21)19-11-4-5-13(17)12(8-11)16(22)18-10(3)14-6-7-23-20-14/h4-10H,1-3H3,(H,18,22)(H,19,21). The first-order valence-corrected chi connectivity index (χ1v) is 7.58. The van der Waals surface area contributed by atoms with Crippen molar-refractivity contribution in [3.05, 3.63) is 46.8 Å². The highest BCUT2D eigenvalue weighted by Crippen LogP contribution is 2.22. The zero-order valence-corrected chi connectivity index (χ0v) is 13.8. The fourth-order valence-corrected chi connectivity index (χ4v) is 2.06. The van der Waals surface area contributed by atoms with Crippen molar-refractivity contribution in [2.45, 2.75) is 26.8 Å². The Morgan fingerprint density at radius 2 is 1.96 bits per heavy atom. The normalized spacial score (nSPS) is 12.0. The molecule has 0 aliphatic heterocycles. The molecule has 0 aliphatic rings. The zero-order chi connectivity index (χ0) is 17.0. The molecule has 0 bridgehead atoms. The van der Waals surface area contributed by atoms with Crippen LogP contribution >= 0.6 is 11.6 Å². The molecule has 0 spiro atoms. The summed E-state index contributed by atoms with van der Waals surface area (Å²) in [7, 11) is 0. The number of anilines is 1. The van der Waals surface area contributed by atoms with E-state index in [1.165, 1.54) is 6.26 Å². The molecule has 2 N–H and O–H groups in total. The minimum absolute atomic E-state index is 0.130. The maximum absolute atomic E-state index is 12.4. The Morgan fingerprint density at radius 1 is 1.22 bits per heavy atom. The SMILES string of the molecule is CC(C)C(=O)Nc1ccc(Cl)c(C(=O)NC(C)c2ccon2)c1. The molecule has 0 saturated carbocycles. The number of nitrogens with one attached hydrogen (secondary N) is 2. The zero-order valence-electron chi connectivity index (χ0n) is 13.1. The van der Waals surface area contributed by atoms with E-state index in [-0.39, 0.29) is 29.3 Å². The van der Waals surface area contributed by atoms with Crippen molar-refractivity contribution in [1.82, 2.24) is 10.5 Å². The molecule has 1 unspecified atom stereocenters. The number of carbonyl (C=O) groups excluding carboxylic acids is 2. The summed E-state index contributed by atoms with van der Waals surface area (Å²) in [4.78, 5) is 24.1. The van der Waals surface area contributed by atoms with E-state index in [2.05, 4.69) is 15.8 Å². The van der Waals surface area contributed by atoms with Crippen molar-refractivity contribution in [2.75, 3.05) is 5.32 Å². The summed E-state index contributed by atoms with van der Waals surface area (Å²) in [6.45, 7) is 5.37. The topological polar surface area (TPSA) is 84.2 Å². The van der Waals surface area contributed by atoms with Gasteiger partial charge in [-0.3, -0.25) is 9.59 Å². The first kappa shape index (κ1) is 17.0. The number of carbonyl (C=O) groups is 2. The molecular formula is C16H18ClN3O3. The molecule has 1 heterocycles. The van der Waals surface area contributed by atoms with Gasteiger partial charge < -0.3 is 15.2 Å². The number of rotatable bonds is 5. The second kappa shape index (κ2) is 7.28. The first-order valence-electron chi connectivity index (χ1n) is 7.20. The minimum Gasteiger partial charge on any atom is -0.364 e. The van der Waals surface area contributed by atoms with Crippen molar-refractivity contribution < 1.29 is 14.1 Å². The van der Waals surface area contributed by atoms with Crippen LogP contribution < -0.4 is 10.6 Å². The van der Waals surface area contributed by atoms with E-state index in [4.69, 9.17) is 16.1 Å². The molecule has 0 radical (unpaired) electrons. The number of halogens is 1. The van der Waals surface area contributed by atoms with Gasteiger partial charge in [0, 0.05) is 17.7 Å². The molecule has 2 rings (SSSR count). The van der Waals surface area contributed by atoms with Crippen LogP contribution in [-0.4, -0.2) is 17.0 Å². The van der Waals surface area contributed by atoms with Crippen LogP contribution in [0.3, 0.4) is 0 Å². The second-order valence-corrected chi connectivity index (χ2v) is 5.87. The third-order valence-corrected chi connectivity index (χ3v) is 3.58.